The maximum atomic E-state index is 5.34. The van der Waals surface area contributed by atoms with Gasteiger partial charge in [0.1, 0.15) is 0 Å². The van der Waals surface area contributed by atoms with E-state index < -0.39 is 0 Å². The molecule has 0 saturated heterocycles. The van der Waals surface area contributed by atoms with E-state index >= 15 is 0 Å². The first-order valence-corrected chi connectivity index (χ1v) is 5.11. The van der Waals surface area contributed by atoms with Crippen LogP contribution in [0.4, 0.5) is 5.69 Å². The zero-order valence-corrected chi connectivity index (χ0v) is 9.96. The summed E-state index contributed by atoms with van der Waals surface area (Å²) in [6.07, 6.45) is 0. The molecule has 0 aliphatic rings. The second-order valence-corrected chi connectivity index (χ2v) is 4.23. The first-order valence-electron chi connectivity index (χ1n) is 3.11. The highest BCUT2D eigenvalue weighted by Gasteiger charge is 2.03. The van der Waals surface area contributed by atoms with Crippen molar-refractivity contribution in [3.8, 4) is 0 Å². The molecule has 3 N–H and O–H groups in total. The molecule has 2 nitrogen and oxygen atoms in total. The number of halogens is 2. The Morgan fingerprint density at radius 3 is 2.25 bits per heavy atom. The minimum absolute atomic E-state index is 0.252. The predicted octanol–water partition coefficient (Wildman–Crippen LogP) is 2.87. The average molecular weight is 310 g/mol. The number of nitrogens with two attached hydrogens (primary N) is 1. The van der Waals surface area contributed by atoms with Crippen LogP contribution in [0.2, 0.25) is 0 Å². The smallest absolute Gasteiger partial charge is 0.168 e. The number of rotatable bonds is 1. The highest BCUT2D eigenvalue weighted by molar-refractivity contribution is 9.11. The van der Waals surface area contributed by atoms with E-state index in [-0.39, 0.29) is 5.11 Å². The maximum absolute atomic E-state index is 5.34. The monoisotopic (exact) mass is 308 g/mol. The van der Waals surface area contributed by atoms with Crippen molar-refractivity contribution < 1.29 is 0 Å². The molecule has 1 aromatic rings. The summed E-state index contributed by atoms with van der Waals surface area (Å²) in [5.74, 6) is 0. The number of anilines is 1. The van der Waals surface area contributed by atoms with Crippen LogP contribution in [0.15, 0.2) is 27.1 Å². The van der Waals surface area contributed by atoms with Crippen LogP contribution in [0.3, 0.4) is 0 Å². The number of benzene rings is 1. The van der Waals surface area contributed by atoms with Gasteiger partial charge in [0.05, 0.1) is 5.69 Å². The van der Waals surface area contributed by atoms with Crippen molar-refractivity contribution in [3.63, 3.8) is 0 Å². The topological polar surface area (TPSA) is 38.0 Å². The van der Waals surface area contributed by atoms with Gasteiger partial charge in [0, 0.05) is 8.95 Å². The molecule has 0 bridgehead atoms. The van der Waals surface area contributed by atoms with Crippen molar-refractivity contribution in [2.45, 2.75) is 0 Å². The van der Waals surface area contributed by atoms with Crippen molar-refractivity contribution in [3.05, 3.63) is 27.1 Å². The van der Waals surface area contributed by atoms with Gasteiger partial charge in [0.2, 0.25) is 0 Å². The first-order chi connectivity index (χ1) is 5.61. The van der Waals surface area contributed by atoms with Crippen LogP contribution < -0.4 is 11.1 Å². The van der Waals surface area contributed by atoms with Gasteiger partial charge in [0.25, 0.3) is 0 Å². The first kappa shape index (κ1) is 9.95. The number of hydrogen-bond donors (Lipinski definition) is 2. The molecule has 0 aliphatic carbocycles. The van der Waals surface area contributed by atoms with E-state index in [1.54, 1.807) is 0 Å². The summed E-state index contributed by atoms with van der Waals surface area (Å²) in [7, 11) is 0. The quantitative estimate of drug-likeness (QED) is 0.783. The van der Waals surface area contributed by atoms with Gasteiger partial charge in [-0.25, -0.2) is 0 Å². The Bertz CT molecular complexity index is 294. The minimum atomic E-state index is 0.252. The van der Waals surface area contributed by atoms with E-state index in [4.69, 9.17) is 18.0 Å². The summed E-state index contributed by atoms with van der Waals surface area (Å²) in [6, 6.07) is 5.73. The van der Waals surface area contributed by atoms with Crippen LogP contribution in [0.5, 0.6) is 0 Å². The Hall–Kier alpha value is -0.130. The van der Waals surface area contributed by atoms with Crippen LogP contribution >= 0.6 is 44.1 Å². The molecule has 1 rings (SSSR count). The zero-order valence-electron chi connectivity index (χ0n) is 5.97. The van der Waals surface area contributed by atoms with E-state index in [9.17, 15) is 0 Å². The molecule has 0 fully saturated rings. The summed E-state index contributed by atoms with van der Waals surface area (Å²) >= 11 is 11.5. The fourth-order valence-corrected chi connectivity index (χ4v) is 2.04. The molecule has 12 heavy (non-hydrogen) atoms. The SMILES string of the molecule is NC(=S)Nc1c(Br)cccc1Br. The third kappa shape index (κ3) is 2.43. The van der Waals surface area contributed by atoms with Gasteiger partial charge in [0.15, 0.2) is 5.11 Å². The van der Waals surface area contributed by atoms with Gasteiger partial charge in [-0.3, -0.25) is 0 Å². The summed E-state index contributed by atoms with van der Waals surface area (Å²) in [5, 5.41) is 3.11. The second-order valence-electron chi connectivity index (χ2n) is 2.09. The Kier molecular flexibility index (Phi) is 3.49. The standard InChI is InChI=1S/C7H6Br2N2S/c8-4-2-1-3-5(9)6(4)11-7(10)12/h1-3H,(H3,10,11,12). The predicted molar refractivity (Wildman–Crippen MR) is 62.3 cm³/mol. The molecule has 0 radical (unpaired) electrons. The molecular formula is C7H6Br2N2S. The lowest BCUT2D eigenvalue weighted by atomic mass is 10.3. The molecule has 0 aliphatic heterocycles. The van der Waals surface area contributed by atoms with Crippen LogP contribution in [0.1, 0.15) is 0 Å². The highest BCUT2D eigenvalue weighted by Crippen LogP contribution is 2.30. The maximum Gasteiger partial charge on any atom is 0.168 e. The van der Waals surface area contributed by atoms with E-state index in [1.165, 1.54) is 0 Å². The fraction of sp³-hybridized carbons (Fsp3) is 0. The van der Waals surface area contributed by atoms with E-state index in [2.05, 4.69) is 37.2 Å². The lowest BCUT2D eigenvalue weighted by Gasteiger charge is -2.07. The Balaban J connectivity index is 3.04. The van der Waals surface area contributed by atoms with Crippen molar-refractivity contribution in [2.24, 2.45) is 5.73 Å². The third-order valence-electron chi connectivity index (χ3n) is 1.21. The van der Waals surface area contributed by atoms with Gasteiger partial charge < -0.3 is 11.1 Å². The fourth-order valence-electron chi connectivity index (χ4n) is 0.740. The molecule has 64 valence electrons. The number of para-hydroxylation sites is 1. The Morgan fingerprint density at radius 2 is 1.83 bits per heavy atom. The van der Waals surface area contributed by atoms with Crippen LogP contribution in [0, 0.1) is 0 Å². The minimum Gasteiger partial charge on any atom is -0.376 e. The highest BCUT2D eigenvalue weighted by atomic mass is 79.9. The molecule has 0 spiro atoms. The zero-order chi connectivity index (χ0) is 9.14. The van der Waals surface area contributed by atoms with E-state index in [0.717, 1.165) is 14.6 Å². The summed E-state index contributed by atoms with van der Waals surface area (Å²) in [4.78, 5) is 0. The van der Waals surface area contributed by atoms with Crippen molar-refractivity contribution in [1.82, 2.24) is 0 Å². The van der Waals surface area contributed by atoms with Crippen molar-refractivity contribution in [2.75, 3.05) is 5.32 Å². The average Bonchev–Trinajstić information content (AvgIpc) is 1.97. The third-order valence-corrected chi connectivity index (χ3v) is 2.63. The van der Waals surface area contributed by atoms with Crippen molar-refractivity contribution >= 4 is 54.9 Å². The van der Waals surface area contributed by atoms with Gasteiger partial charge in [-0.05, 0) is 56.2 Å². The number of nitrogens with one attached hydrogen (secondary N) is 1. The molecule has 5 heteroatoms. The normalized spacial score (nSPS) is 9.50. The van der Waals surface area contributed by atoms with Crippen LogP contribution in [0.25, 0.3) is 0 Å². The number of hydrogen-bond acceptors (Lipinski definition) is 1. The molecular weight excluding hydrogens is 304 g/mol. The molecule has 0 aromatic heterocycles. The van der Waals surface area contributed by atoms with Gasteiger partial charge in [-0.15, -0.1) is 0 Å². The molecule has 0 saturated carbocycles. The van der Waals surface area contributed by atoms with E-state index in [1.807, 2.05) is 18.2 Å². The lowest BCUT2D eigenvalue weighted by Crippen LogP contribution is -2.19. The van der Waals surface area contributed by atoms with Gasteiger partial charge in [-0.1, -0.05) is 6.07 Å². The largest absolute Gasteiger partial charge is 0.376 e. The van der Waals surface area contributed by atoms with Gasteiger partial charge >= 0.3 is 0 Å². The molecule has 0 amide bonds. The summed E-state index contributed by atoms with van der Waals surface area (Å²) in [6.45, 7) is 0. The van der Waals surface area contributed by atoms with Gasteiger partial charge in [-0.2, -0.15) is 0 Å². The number of thiocarbonyl (C=S) groups is 1. The van der Waals surface area contributed by atoms with Crippen molar-refractivity contribution in [1.29, 1.82) is 0 Å². The Labute approximate surface area is 92.8 Å². The van der Waals surface area contributed by atoms with Crippen LogP contribution in [-0.2, 0) is 0 Å². The summed E-state index contributed by atoms with van der Waals surface area (Å²) in [5.41, 5.74) is 6.19. The molecule has 0 unspecified atom stereocenters. The summed E-state index contributed by atoms with van der Waals surface area (Å²) < 4.78 is 1.84. The second kappa shape index (κ2) is 4.20. The van der Waals surface area contributed by atoms with E-state index in [0.29, 0.717) is 0 Å². The van der Waals surface area contributed by atoms with Crippen LogP contribution in [-0.4, -0.2) is 5.11 Å². The molecule has 0 heterocycles. The molecule has 0 atom stereocenters. The Morgan fingerprint density at radius 1 is 1.33 bits per heavy atom. The lowest BCUT2D eigenvalue weighted by molar-refractivity contribution is 1.54. The molecule has 1 aromatic carbocycles.